The van der Waals surface area contributed by atoms with Gasteiger partial charge in [-0.15, -0.1) is 0 Å². The van der Waals surface area contributed by atoms with Crippen LogP contribution in [-0.4, -0.2) is 45.7 Å². The van der Waals surface area contributed by atoms with Gasteiger partial charge in [-0.2, -0.15) is 0 Å². The Morgan fingerprint density at radius 1 is 1.21 bits per heavy atom. The summed E-state index contributed by atoms with van der Waals surface area (Å²) in [6.45, 7) is 5.08. The molecule has 1 unspecified atom stereocenters. The van der Waals surface area contributed by atoms with E-state index in [0.717, 1.165) is 5.69 Å². The van der Waals surface area contributed by atoms with Crippen molar-refractivity contribution in [1.29, 1.82) is 0 Å². The van der Waals surface area contributed by atoms with E-state index in [2.05, 4.69) is 5.09 Å². The highest BCUT2D eigenvalue weighted by Gasteiger charge is 2.30. The maximum atomic E-state index is 12.9. The Bertz CT molecular complexity index is 574. The van der Waals surface area contributed by atoms with Crippen LogP contribution in [-0.2, 0) is 18.8 Å². The van der Waals surface area contributed by atoms with Crippen LogP contribution in [0.15, 0.2) is 24.3 Å². The van der Waals surface area contributed by atoms with Gasteiger partial charge in [-0.05, 0) is 45.0 Å². The molecular formula is C16H27N2O5P. The summed E-state index contributed by atoms with van der Waals surface area (Å²) in [6.07, 6.45) is -0.412. The van der Waals surface area contributed by atoms with E-state index < -0.39 is 19.5 Å². The average molecular weight is 358 g/mol. The zero-order chi connectivity index (χ0) is 18.3. The summed E-state index contributed by atoms with van der Waals surface area (Å²) < 4.78 is 28.6. The van der Waals surface area contributed by atoms with Crippen molar-refractivity contribution in [2.75, 3.05) is 32.5 Å². The molecule has 0 aliphatic heterocycles. The van der Waals surface area contributed by atoms with E-state index in [1.54, 1.807) is 32.9 Å². The Balaban J connectivity index is 2.83. The molecular weight excluding hydrogens is 331 g/mol. The lowest BCUT2D eigenvalue weighted by Gasteiger charge is -2.23. The number of methoxy groups -OCH3 is 1. The van der Waals surface area contributed by atoms with Crippen molar-refractivity contribution < 1.29 is 23.4 Å². The number of hydrogen-bond acceptors (Lipinski definition) is 6. The number of carbonyl (C=O) groups is 1. The lowest BCUT2D eigenvalue weighted by molar-refractivity contribution is -0.149. The highest BCUT2D eigenvalue weighted by Crippen LogP contribution is 2.43. The van der Waals surface area contributed by atoms with Crippen molar-refractivity contribution in [3.63, 3.8) is 0 Å². The number of ether oxygens (including phenoxy) is 2. The topological polar surface area (TPSA) is 77.1 Å². The summed E-state index contributed by atoms with van der Waals surface area (Å²) in [5.74, 6) is -0.0641. The van der Waals surface area contributed by atoms with Crippen molar-refractivity contribution in [2.24, 2.45) is 0 Å². The zero-order valence-electron chi connectivity index (χ0n) is 15.1. The van der Waals surface area contributed by atoms with Gasteiger partial charge in [-0.3, -0.25) is 9.36 Å². The zero-order valence-corrected chi connectivity index (χ0v) is 16.0. The van der Waals surface area contributed by atoms with E-state index in [9.17, 15) is 9.36 Å². The van der Waals surface area contributed by atoms with Gasteiger partial charge >= 0.3 is 13.5 Å². The molecule has 0 saturated carbocycles. The molecule has 1 aromatic rings. The predicted molar refractivity (Wildman–Crippen MR) is 94.7 cm³/mol. The van der Waals surface area contributed by atoms with Crippen LogP contribution in [0.2, 0.25) is 0 Å². The summed E-state index contributed by atoms with van der Waals surface area (Å²) in [6, 6.07) is 6.35. The van der Waals surface area contributed by atoms with Crippen LogP contribution in [0, 0.1) is 0 Å². The Morgan fingerprint density at radius 2 is 1.79 bits per heavy atom. The van der Waals surface area contributed by atoms with Gasteiger partial charge < -0.3 is 18.9 Å². The smallest absolute Gasteiger partial charge is 0.342 e. The number of carbonyl (C=O) groups excluding carboxylic acids is 1. The first-order valence-corrected chi connectivity index (χ1v) is 9.51. The Labute approximate surface area is 143 Å². The normalized spacial score (nSPS) is 14.8. The molecule has 0 heterocycles. The second kappa shape index (κ2) is 9.06. The van der Waals surface area contributed by atoms with Gasteiger partial charge in [-0.25, -0.2) is 5.09 Å². The standard InChI is InChI=1S/C16H27N2O5P/c1-12(2)22-16(19)13(3)17-24(20,11-21-6)23-15-9-7-14(8-10-15)18(4)5/h7-10,12-13H,11H2,1-6H3,(H,17,20)/t13-,24?/m0/s1. The summed E-state index contributed by atoms with van der Waals surface area (Å²) >= 11 is 0. The summed E-state index contributed by atoms with van der Waals surface area (Å²) in [7, 11) is 1.85. The molecule has 0 aromatic heterocycles. The predicted octanol–water partition coefficient (Wildman–Crippen LogP) is 2.86. The van der Waals surface area contributed by atoms with Gasteiger partial charge in [0.25, 0.3) is 0 Å². The first-order valence-electron chi connectivity index (χ1n) is 7.70. The van der Waals surface area contributed by atoms with Crippen LogP contribution in [0.1, 0.15) is 20.8 Å². The quantitative estimate of drug-likeness (QED) is 0.537. The van der Waals surface area contributed by atoms with Crippen molar-refractivity contribution in [1.82, 2.24) is 5.09 Å². The third-order valence-electron chi connectivity index (χ3n) is 3.00. The van der Waals surface area contributed by atoms with Crippen molar-refractivity contribution in [3.05, 3.63) is 24.3 Å². The summed E-state index contributed by atoms with van der Waals surface area (Å²) in [5.41, 5.74) is 0.991. The second-order valence-corrected chi connectivity index (χ2v) is 7.95. The molecule has 1 aromatic carbocycles. The maximum absolute atomic E-state index is 12.9. The van der Waals surface area contributed by atoms with E-state index >= 15 is 0 Å². The third kappa shape index (κ3) is 6.51. The highest BCUT2D eigenvalue weighted by atomic mass is 31.2. The number of benzene rings is 1. The minimum Gasteiger partial charge on any atom is -0.462 e. The maximum Gasteiger partial charge on any atom is 0.342 e. The number of rotatable bonds is 9. The fourth-order valence-corrected chi connectivity index (χ4v) is 3.60. The van der Waals surface area contributed by atoms with Crippen LogP contribution in [0.5, 0.6) is 5.75 Å². The molecule has 8 heteroatoms. The Kier molecular flexibility index (Phi) is 7.73. The molecule has 0 spiro atoms. The van der Waals surface area contributed by atoms with E-state index in [4.69, 9.17) is 14.0 Å². The molecule has 0 radical (unpaired) electrons. The average Bonchev–Trinajstić information content (AvgIpc) is 2.46. The van der Waals surface area contributed by atoms with Crippen LogP contribution < -0.4 is 14.5 Å². The highest BCUT2D eigenvalue weighted by molar-refractivity contribution is 7.57. The first kappa shape index (κ1) is 20.5. The first-order chi connectivity index (χ1) is 11.2. The van der Waals surface area contributed by atoms with Crippen molar-refractivity contribution in [2.45, 2.75) is 32.9 Å². The summed E-state index contributed by atoms with van der Waals surface area (Å²) in [5, 5.41) is 2.71. The van der Waals surface area contributed by atoms with E-state index in [1.807, 2.05) is 31.1 Å². The number of hydrogen-bond donors (Lipinski definition) is 1. The number of anilines is 1. The fraction of sp³-hybridized carbons (Fsp3) is 0.562. The SMILES string of the molecule is COCP(=O)(N[C@@H](C)C(=O)OC(C)C)Oc1ccc(N(C)C)cc1. The van der Waals surface area contributed by atoms with Gasteiger partial charge in [0.1, 0.15) is 18.1 Å². The monoisotopic (exact) mass is 358 g/mol. The number of nitrogens with one attached hydrogen (secondary N) is 1. The number of nitrogens with zero attached hydrogens (tertiary/aromatic N) is 1. The van der Waals surface area contributed by atoms with Gasteiger partial charge in [0, 0.05) is 26.9 Å². The molecule has 2 atom stereocenters. The van der Waals surface area contributed by atoms with E-state index in [0.29, 0.717) is 5.75 Å². The summed E-state index contributed by atoms with van der Waals surface area (Å²) in [4.78, 5) is 13.8. The molecule has 0 fully saturated rings. The molecule has 7 nitrogen and oxygen atoms in total. The van der Waals surface area contributed by atoms with Gasteiger partial charge in [0.05, 0.1) is 6.10 Å². The number of esters is 1. The van der Waals surface area contributed by atoms with Crippen LogP contribution in [0.25, 0.3) is 0 Å². The van der Waals surface area contributed by atoms with Gasteiger partial charge in [0.2, 0.25) is 0 Å². The Hall–Kier alpha value is -1.56. The molecule has 0 aliphatic carbocycles. The van der Waals surface area contributed by atoms with Crippen LogP contribution in [0.3, 0.4) is 0 Å². The van der Waals surface area contributed by atoms with E-state index in [-0.39, 0.29) is 12.5 Å². The minimum absolute atomic E-state index is 0.165. The van der Waals surface area contributed by atoms with Gasteiger partial charge in [0.15, 0.2) is 0 Å². The molecule has 1 rings (SSSR count). The van der Waals surface area contributed by atoms with Crippen molar-refractivity contribution in [3.8, 4) is 5.75 Å². The minimum atomic E-state index is -3.42. The van der Waals surface area contributed by atoms with Crippen LogP contribution >= 0.6 is 7.52 Å². The lowest BCUT2D eigenvalue weighted by Crippen LogP contribution is -2.36. The molecule has 0 bridgehead atoms. The van der Waals surface area contributed by atoms with Gasteiger partial charge in [-0.1, -0.05) is 0 Å². The van der Waals surface area contributed by atoms with E-state index in [1.165, 1.54) is 7.11 Å². The third-order valence-corrected chi connectivity index (χ3v) is 4.89. The molecule has 0 amide bonds. The fourth-order valence-electron chi connectivity index (χ4n) is 1.92. The van der Waals surface area contributed by atoms with Crippen LogP contribution in [0.4, 0.5) is 5.69 Å². The second-order valence-electron chi connectivity index (χ2n) is 5.91. The Morgan fingerprint density at radius 3 is 2.25 bits per heavy atom. The largest absolute Gasteiger partial charge is 0.462 e. The van der Waals surface area contributed by atoms with Crippen molar-refractivity contribution >= 4 is 19.2 Å². The lowest BCUT2D eigenvalue weighted by atomic mass is 10.3. The molecule has 0 saturated heterocycles. The molecule has 0 aliphatic rings. The molecule has 1 N–H and O–H groups in total. The molecule has 136 valence electrons. The molecule has 24 heavy (non-hydrogen) atoms.